The van der Waals surface area contributed by atoms with Gasteiger partial charge in [0.25, 0.3) is 0 Å². The van der Waals surface area contributed by atoms with E-state index in [1.807, 2.05) is 16.8 Å². The number of fused-ring (bicyclic) bond motifs is 1. The smallest absolute Gasteiger partial charge is 0.149 e. The first-order valence-electron chi connectivity index (χ1n) is 5.06. The third kappa shape index (κ3) is 1.39. The fourth-order valence-electron chi connectivity index (χ4n) is 1.58. The Kier molecular flexibility index (Phi) is 2.23. The summed E-state index contributed by atoms with van der Waals surface area (Å²) in [4.78, 5) is 4.56. The van der Waals surface area contributed by atoms with Crippen molar-refractivity contribution in [1.29, 1.82) is 0 Å². The molecule has 3 heteroatoms. The van der Waals surface area contributed by atoms with Gasteiger partial charge in [0.2, 0.25) is 0 Å². The Bertz CT molecular complexity index is 443. The van der Waals surface area contributed by atoms with Gasteiger partial charge in [0.1, 0.15) is 5.82 Å². The van der Waals surface area contributed by atoms with Crippen molar-refractivity contribution in [2.75, 3.05) is 0 Å². The van der Waals surface area contributed by atoms with Crippen LogP contribution in [-0.2, 0) is 6.42 Å². The Hall–Kier alpha value is -1.38. The largest absolute Gasteiger partial charge is 0.237 e. The van der Waals surface area contributed by atoms with Gasteiger partial charge in [-0.15, -0.1) is 0 Å². The third-order valence-corrected chi connectivity index (χ3v) is 2.33. The molecule has 74 valence electrons. The summed E-state index contributed by atoms with van der Waals surface area (Å²) in [5.74, 6) is 1.36. The van der Waals surface area contributed by atoms with E-state index >= 15 is 0 Å². The standard InChI is InChI=1S/C11H15N3/c1-4-10-12-11(8(2)3)9-6-5-7-14(9)13-10/h5-8H,4H2,1-3H3. The van der Waals surface area contributed by atoms with E-state index in [2.05, 4.69) is 36.9 Å². The highest BCUT2D eigenvalue weighted by Gasteiger charge is 2.09. The maximum atomic E-state index is 4.56. The molecule has 0 spiro atoms. The molecule has 0 aliphatic heterocycles. The lowest BCUT2D eigenvalue weighted by atomic mass is 10.1. The summed E-state index contributed by atoms with van der Waals surface area (Å²) in [6.07, 6.45) is 2.86. The van der Waals surface area contributed by atoms with Gasteiger partial charge < -0.3 is 0 Å². The van der Waals surface area contributed by atoms with Crippen molar-refractivity contribution in [3.05, 3.63) is 29.8 Å². The van der Waals surface area contributed by atoms with E-state index in [4.69, 9.17) is 0 Å². The normalized spacial score (nSPS) is 11.4. The molecule has 0 radical (unpaired) electrons. The summed E-state index contributed by atoms with van der Waals surface area (Å²) >= 11 is 0. The highest BCUT2D eigenvalue weighted by Crippen LogP contribution is 2.18. The zero-order valence-electron chi connectivity index (χ0n) is 8.86. The summed E-state index contributed by atoms with van der Waals surface area (Å²) in [5.41, 5.74) is 2.26. The average molecular weight is 189 g/mol. The van der Waals surface area contributed by atoms with Gasteiger partial charge in [-0.2, -0.15) is 5.10 Å². The van der Waals surface area contributed by atoms with Crippen LogP contribution in [0.25, 0.3) is 5.52 Å². The SMILES string of the molecule is CCc1nc(C(C)C)c2cccn2n1. The van der Waals surface area contributed by atoms with Crippen molar-refractivity contribution in [2.45, 2.75) is 33.1 Å². The second-order valence-electron chi connectivity index (χ2n) is 3.76. The molecule has 0 bridgehead atoms. The first kappa shape index (κ1) is 9.19. The second-order valence-corrected chi connectivity index (χ2v) is 3.76. The molecule has 14 heavy (non-hydrogen) atoms. The van der Waals surface area contributed by atoms with Gasteiger partial charge in [0, 0.05) is 12.6 Å². The van der Waals surface area contributed by atoms with E-state index in [0.29, 0.717) is 5.92 Å². The van der Waals surface area contributed by atoms with Crippen molar-refractivity contribution in [1.82, 2.24) is 14.6 Å². The van der Waals surface area contributed by atoms with Crippen molar-refractivity contribution in [2.24, 2.45) is 0 Å². The molecule has 0 aromatic carbocycles. The van der Waals surface area contributed by atoms with Gasteiger partial charge in [-0.05, 0) is 18.1 Å². The van der Waals surface area contributed by atoms with E-state index in [1.165, 1.54) is 0 Å². The van der Waals surface area contributed by atoms with Crippen LogP contribution in [-0.4, -0.2) is 14.6 Å². The molecule has 2 rings (SSSR count). The van der Waals surface area contributed by atoms with Crippen molar-refractivity contribution >= 4 is 5.52 Å². The summed E-state index contributed by atoms with van der Waals surface area (Å²) in [6.45, 7) is 6.40. The molecule has 0 saturated carbocycles. The van der Waals surface area contributed by atoms with Gasteiger partial charge in [-0.25, -0.2) is 9.50 Å². The summed E-state index contributed by atoms with van der Waals surface area (Å²) in [7, 11) is 0. The predicted octanol–water partition coefficient (Wildman–Crippen LogP) is 2.42. The first-order valence-corrected chi connectivity index (χ1v) is 5.06. The lowest BCUT2D eigenvalue weighted by Crippen LogP contribution is -2.05. The highest BCUT2D eigenvalue weighted by molar-refractivity contribution is 5.52. The monoisotopic (exact) mass is 189 g/mol. The molecule has 0 unspecified atom stereocenters. The van der Waals surface area contributed by atoms with Crippen LogP contribution in [0.2, 0.25) is 0 Å². The quantitative estimate of drug-likeness (QED) is 0.726. The lowest BCUT2D eigenvalue weighted by Gasteiger charge is -2.08. The second kappa shape index (κ2) is 3.40. The minimum absolute atomic E-state index is 0.445. The third-order valence-electron chi connectivity index (χ3n) is 2.33. The minimum atomic E-state index is 0.445. The zero-order chi connectivity index (χ0) is 10.1. The predicted molar refractivity (Wildman–Crippen MR) is 56.5 cm³/mol. The average Bonchev–Trinajstić information content (AvgIpc) is 2.63. The van der Waals surface area contributed by atoms with E-state index in [1.54, 1.807) is 0 Å². The molecule has 0 aliphatic carbocycles. The van der Waals surface area contributed by atoms with Gasteiger partial charge in [-0.1, -0.05) is 20.8 Å². The Balaban J connectivity index is 2.70. The number of aromatic nitrogens is 3. The first-order chi connectivity index (χ1) is 6.72. The highest BCUT2D eigenvalue weighted by atomic mass is 15.2. The molecule has 2 aromatic rings. The Morgan fingerprint density at radius 3 is 2.86 bits per heavy atom. The molecular weight excluding hydrogens is 174 g/mol. The Morgan fingerprint density at radius 1 is 1.43 bits per heavy atom. The van der Waals surface area contributed by atoms with Crippen LogP contribution in [0.5, 0.6) is 0 Å². The number of hydrogen-bond donors (Lipinski definition) is 0. The summed E-state index contributed by atoms with van der Waals surface area (Å²) in [5, 5.41) is 4.40. The van der Waals surface area contributed by atoms with Gasteiger partial charge in [0.15, 0.2) is 0 Å². The molecule has 0 N–H and O–H groups in total. The Labute approximate surface area is 83.8 Å². The van der Waals surface area contributed by atoms with Crippen molar-refractivity contribution in [3.8, 4) is 0 Å². The number of rotatable bonds is 2. The minimum Gasteiger partial charge on any atom is -0.237 e. The molecule has 2 heterocycles. The molecule has 0 aliphatic rings. The molecule has 2 aromatic heterocycles. The lowest BCUT2D eigenvalue weighted by molar-refractivity contribution is 0.742. The van der Waals surface area contributed by atoms with Crippen molar-refractivity contribution < 1.29 is 0 Å². The maximum Gasteiger partial charge on any atom is 0.149 e. The summed E-state index contributed by atoms with van der Waals surface area (Å²) in [6, 6.07) is 4.07. The van der Waals surface area contributed by atoms with E-state index in [0.717, 1.165) is 23.5 Å². The van der Waals surface area contributed by atoms with Crippen LogP contribution in [0.4, 0.5) is 0 Å². The molecular formula is C11H15N3. The number of nitrogens with zero attached hydrogens (tertiary/aromatic N) is 3. The van der Waals surface area contributed by atoms with Crippen LogP contribution in [0, 0.1) is 0 Å². The van der Waals surface area contributed by atoms with Crippen LogP contribution >= 0.6 is 0 Å². The topological polar surface area (TPSA) is 30.2 Å². The molecule has 0 fully saturated rings. The van der Waals surface area contributed by atoms with Crippen LogP contribution in [0.15, 0.2) is 18.3 Å². The molecule has 0 amide bonds. The molecule has 3 nitrogen and oxygen atoms in total. The van der Waals surface area contributed by atoms with Crippen LogP contribution < -0.4 is 0 Å². The van der Waals surface area contributed by atoms with E-state index in [-0.39, 0.29) is 0 Å². The number of hydrogen-bond acceptors (Lipinski definition) is 2. The van der Waals surface area contributed by atoms with Gasteiger partial charge in [-0.3, -0.25) is 0 Å². The van der Waals surface area contributed by atoms with Crippen LogP contribution in [0.3, 0.4) is 0 Å². The van der Waals surface area contributed by atoms with E-state index in [9.17, 15) is 0 Å². The van der Waals surface area contributed by atoms with Crippen molar-refractivity contribution in [3.63, 3.8) is 0 Å². The maximum absolute atomic E-state index is 4.56. The number of aryl methyl sites for hydroxylation is 1. The van der Waals surface area contributed by atoms with E-state index < -0.39 is 0 Å². The molecule has 0 saturated heterocycles. The summed E-state index contributed by atoms with van der Waals surface area (Å²) < 4.78 is 1.92. The molecule has 0 atom stereocenters. The fraction of sp³-hybridized carbons (Fsp3) is 0.455. The van der Waals surface area contributed by atoms with Crippen LogP contribution in [0.1, 0.15) is 38.2 Å². The zero-order valence-corrected chi connectivity index (χ0v) is 8.86. The van der Waals surface area contributed by atoms with Gasteiger partial charge in [0.05, 0.1) is 11.2 Å². The fourth-order valence-corrected chi connectivity index (χ4v) is 1.58. The Morgan fingerprint density at radius 2 is 2.21 bits per heavy atom. The van der Waals surface area contributed by atoms with Gasteiger partial charge >= 0.3 is 0 Å².